The van der Waals surface area contributed by atoms with Crippen molar-refractivity contribution in [2.24, 2.45) is 5.92 Å². The number of carbonyl (C=O) groups is 1. The van der Waals surface area contributed by atoms with Gasteiger partial charge in [0, 0.05) is 12.2 Å². The molecule has 4 nitrogen and oxygen atoms in total. The molecule has 4 heteroatoms. The maximum absolute atomic E-state index is 11.9. The molecule has 0 saturated heterocycles. The van der Waals surface area contributed by atoms with Crippen molar-refractivity contribution in [3.05, 3.63) is 18.2 Å². The second-order valence-corrected chi connectivity index (χ2v) is 4.53. The van der Waals surface area contributed by atoms with E-state index in [1.807, 2.05) is 6.07 Å². The second kappa shape index (κ2) is 4.65. The summed E-state index contributed by atoms with van der Waals surface area (Å²) in [5, 5.41) is 0. The molecule has 0 spiro atoms. The Morgan fingerprint density at radius 3 is 3.00 bits per heavy atom. The number of nitrogens with two attached hydrogens (primary N) is 1. The minimum Gasteiger partial charge on any atom is -0.482 e. The van der Waals surface area contributed by atoms with Gasteiger partial charge in [-0.1, -0.05) is 20.3 Å². The van der Waals surface area contributed by atoms with Gasteiger partial charge in [0.15, 0.2) is 6.61 Å². The van der Waals surface area contributed by atoms with Gasteiger partial charge in [-0.25, -0.2) is 0 Å². The zero-order valence-corrected chi connectivity index (χ0v) is 10.3. The molecule has 92 valence electrons. The Morgan fingerprint density at radius 1 is 1.53 bits per heavy atom. The Labute approximate surface area is 101 Å². The molecule has 1 unspecified atom stereocenters. The number of benzene rings is 1. The van der Waals surface area contributed by atoms with E-state index in [-0.39, 0.29) is 12.5 Å². The average molecular weight is 234 g/mol. The third-order valence-electron chi connectivity index (χ3n) is 3.12. The van der Waals surface area contributed by atoms with Crippen molar-refractivity contribution in [1.29, 1.82) is 0 Å². The van der Waals surface area contributed by atoms with E-state index >= 15 is 0 Å². The Morgan fingerprint density at radius 2 is 2.29 bits per heavy atom. The maximum atomic E-state index is 11.9. The number of carbonyl (C=O) groups excluding carboxylic acids is 1. The quantitative estimate of drug-likeness (QED) is 0.814. The van der Waals surface area contributed by atoms with Crippen molar-refractivity contribution >= 4 is 17.3 Å². The first-order valence-corrected chi connectivity index (χ1v) is 5.94. The van der Waals surface area contributed by atoms with E-state index in [9.17, 15) is 4.79 Å². The molecule has 1 amide bonds. The fourth-order valence-corrected chi connectivity index (χ4v) is 1.86. The lowest BCUT2D eigenvalue weighted by molar-refractivity contribution is -0.121. The highest BCUT2D eigenvalue weighted by Crippen LogP contribution is 2.34. The highest BCUT2D eigenvalue weighted by molar-refractivity contribution is 5.98. The van der Waals surface area contributed by atoms with Crippen LogP contribution < -0.4 is 15.4 Å². The van der Waals surface area contributed by atoms with Crippen molar-refractivity contribution in [2.75, 3.05) is 23.8 Å². The summed E-state index contributed by atoms with van der Waals surface area (Å²) in [7, 11) is 0. The normalized spacial score (nSPS) is 16.4. The van der Waals surface area contributed by atoms with Crippen LogP contribution in [-0.4, -0.2) is 19.1 Å². The van der Waals surface area contributed by atoms with Gasteiger partial charge in [0.1, 0.15) is 5.75 Å². The molecule has 1 aromatic rings. The number of nitrogen functional groups attached to an aromatic ring is 1. The standard InChI is InChI=1S/C13H18N2O2/c1-3-9(2)7-15-11-6-10(14)4-5-12(11)17-8-13(15)16/h4-6,9H,3,7-8,14H2,1-2H3. The van der Waals surface area contributed by atoms with Crippen LogP contribution in [0.3, 0.4) is 0 Å². The Kier molecular flexibility index (Phi) is 3.22. The molecule has 2 rings (SSSR count). The van der Waals surface area contributed by atoms with E-state index in [4.69, 9.17) is 10.5 Å². The topological polar surface area (TPSA) is 55.6 Å². The van der Waals surface area contributed by atoms with Crippen molar-refractivity contribution in [3.8, 4) is 5.75 Å². The summed E-state index contributed by atoms with van der Waals surface area (Å²) in [5.74, 6) is 1.21. The Balaban J connectivity index is 2.32. The number of rotatable bonds is 3. The Bertz CT molecular complexity index is 431. The summed E-state index contributed by atoms with van der Waals surface area (Å²) in [6.07, 6.45) is 1.04. The molecule has 1 aliphatic heterocycles. The first-order chi connectivity index (χ1) is 8.11. The first-order valence-electron chi connectivity index (χ1n) is 5.94. The van der Waals surface area contributed by atoms with Crippen molar-refractivity contribution in [2.45, 2.75) is 20.3 Å². The summed E-state index contributed by atoms with van der Waals surface area (Å²) in [6, 6.07) is 5.41. The number of hydrogen-bond donors (Lipinski definition) is 1. The SMILES string of the molecule is CCC(C)CN1C(=O)COc2ccc(N)cc21. The number of hydrogen-bond acceptors (Lipinski definition) is 3. The van der Waals surface area contributed by atoms with Gasteiger partial charge in [0.2, 0.25) is 0 Å². The third-order valence-corrected chi connectivity index (χ3v) is 3.12. The fourth-order valence-electron chi connectivity index (χ4n) is 1.86. The highest BCUT2D eigenvalue weighted by Gasteiger charge is 2.26. The van der Waals surface area contributed by atoms with Crippen LogP contribution in [-0.2, 0) is 4.79 Å². The minimum absolute atomic E-state index is 0.00315. The molecule has 1 aliphatic rings. The van der Waals surface area contributed by atoms with E-state index in [0.29, 0.717) is 11.6 Å². The van der Waals surface area contributed by atoms with Crippen LogP contribution in [0, 0.1) is 5.92 Å². The molecular weight excluding hydrogens is 216 g/mol. The lowest BCUT2D eigenvalue weighted by Crippen LogP contribution is -2.41. The van der Waals surface area contributed by atoms with E-state index < -0.39 is 0 Å². The number of amides is 1. The van der Waals surface area contributed by atoms with Crippen LogP contribution in [0.5, 0.6) is 5.75 Å². The zero-order valence-electron chi connectivity index (χ0n) is 10.3. The zero-order chi connectivity index (χ0) is 12.4. The van der Waals surface area contributed by atoms with Crippen LogP contribution in [0.15, 0.2) is 18.2 Å². The molecule has 1 heterocycles. The third kappa shape index (κ3) is 2.35. The number of nitrogens with zero attached hydrogens (tertiary/aromatic N) is 1. The van der Waals surface area contributed by atoms with Crippen molar-refractivity contribution in [3.63, 3.8) is 0 Å². The number of fused-ring (bicyclic) bond motifs is 1. The lowest BCUT2D eigenvalue weighted by atomic mass is 10.1. The summed E-state index contributed by atoms with van der Waals surface area (Å²) < 4.78 is 5.39. The smallest absolute Gasteiger partial charge is 0.265 e. The van der Waals surface area contributed by atoms with Gasteiger partial charge in [-0.05, 0) is 24.1 Å². The molecule has 17 heavy (non-hydrogen) atoms. The molecule has 0 radical (unpaired) electrons. The van der Waals surface area contributed by atoms with Crippen LogP contribution in [0.25, 0.3) is 0 Å². The van der Waals surface area contributed by atoms with Gasteiger partial charge in [0.25, 0.3) is 5.91 Å². The largest absolute Gasteiger partial charge is 0.482 e. The van der Waals surface area contributed by atoms with E-state index in [1.54, 1.807) is 17.0 Å². The average Bonchev–Trinajstić information content (AvgIpc) is 2.32. The molecule has 0 aliphatic carbocycles. The van der Waals surface area contributed by atoms with Crippen LogP contribution in [0.1, 0.15) is 20.3 Å². The fraction of sp³-hybridized carbons (Fsp3) is 0.462. The van der Waals surface area contributed by atoms with Gasteiger partial charge in [-0.2, -0.15) is 0 Å². The first kappa shape index (κ1) is 11.8. The van der Waals surface area contributed by atoms with E-state index in [0.717, 1.165) is 24.4 Å². The highest BCUT2D eigenvalue weighted by atomic mass is 16.5. The van der Waals surface area contributed by atoms with Crippen LogP contribution in [0.2, 0.25) is 0 Å². The second-order valence-electron chi connectivity index (χ2n) is 4.53. The summed E-state index contributed by atoms with van der Waals surface area (Å²) in [4.78, 5) is 13.7. The maximum Gasteiger partial charge on any atom is 0.265 e. The van der Waals surface area contributed by atoms with E-state index in [1.165, 1.54) is 0 Å². The number of anilines is 2. The molecule has 1 aromatic carbocycles. The van der Waals surface area contributed by atoms with Gasteiger partial charge in [-0.3, -0.25) is 4.79 Å². The predicted octanol–water partition coefficient (Wildman–Crippen LogP) is 2.04. The predicted molar refractivity (Wildman–Crippen MR) is 68.2 cm³/mol. The van der Waals surface area contributed by atoms with Gasteiger partial charge in [0.05, 0.1) is 5.69 Å². The monoisotopic (exact) mass is 234 g/mol. The summed E-state index contributed by atoms with van der Waals surface area (Å²) in [5.41, 5.74) is 7.20. The van der Waals surface area contributed by atoms with Crippen LogP contribution in [0.4, 0.5) is 11.4 Å². The summed E-state index contributed by atoms with van der Waals surface area (Å²) in [6.45, 7) is 5.09. The molecule has 0 saturated carbocycles. The van der Waals surface area contributed by atoms with E-state index in [2.05, 4.69) is 13.8 Å². The molecule has 0 bridgehead atoms. The molecule has 0 aromatic heterocycles. The molecule has 1 atom stereocenters. The van der Waals surface area contributed by atoms with Gasteiger partial charge < -0.3 is 15.4 Å². The lowest BCUT2D eigenvalue weighted by Gasteiger charge is -2.31. The molecule has 2 N–H and O–H groups in total. The molecule has 0 fully saturated rings. The van der Waals surface area contributed by atoms with Crippen molar-refractivity contribution in [1.82, 2.24) is 0 Å². The van der Waals surface area contributed by atoms with Crippen LogP contribution >= 0.6 is 0 Å². The van der Waals surface area contributed by atoms with Crippen molar-refractivity contribution < 1.29 is 9.53 Å². The molecular formula is C13H18N2O2. The minimum atomic E-state index is 0.00315. The van der Waals surface area contributed by atoms with Gasteiger partial charge >= 0.3 is 0 Å². The van der Waals surface area contributed by atoms with Gasteiger partial charge in [-0.15, -0.1) is 0 Å². The Hall–Kier alpha value is -1.71. The summed E-state index contributed by atoms with van der Waals surface area (Å²) >= 11 is 0. The number of ether oxygens (including phenoxy) is 1.